The van der Waals surface area contributed by atoms with Gasteiger partial charge in [0.15, 0.2) is 0 Å². The molecular weight excluding hydrogens is 212 g/mol. The maximum absolute atomic E-state index is 8.98. The first-order chi connectivity index (χ1) is 8.24. The Morgan fingerprint density at radius 1 is 1.12 bits per heavy atom. The van der Waals surface area contributed by atoms with Gasteiger partial charge in [0.05, 0.1) is 6.61 Å². The van der Waals surface area contributed by atoms with Gasteiger partial charge in [-0.2, -0.15) is 0 Å². The van der Waals surface area contributed by atoms with Crippen LogP contribution in [0.5, 0.6) is 0 Å². The number of hydrogen-bond donors (Lipinski definition) is 1. The van der Waals surface area contributed by atoms with Gasteiger partial charge in [0, 0.05) is 13.2 Å². The summed E-state index contributed by atoms with van der Waals surface area (Å²) in [6, 6.07) is 10.2. The summed E-state index contributed by atoms with van der Waals surface area (Å²) in [6.07, 6.45) is 1.91. The predicted octanol–water partition coefficient (Wildman–Crippen LogP) is 3.25. The number of benzene rings is 1. The molecule has 0 aliphatic heterocycles. The van der Waals surface area contributed by atoms with E-state index in [1.54, 1.807) is 0 Å². The molecule has 2 nitrogen and oxygen atoms in total. The Morgan fingerprint density at radius 2 is 1.82 bits per heavy atom. The van der Waals surface area contributed by atoms with Gasteiger partial charge in [-0.1, -0.05) is 44.2 Å². The van der Waals surface area contributed by atoms with Gasteiger partial charge in [0.25, 0.3) is 0 Å². The molecule has 0 aliphatic rings. The summed E-state index contributed by atoms with van der Waals surface area (Å²) >= 11 is 0. The molecule has 17 heavy (non-hydrogen) atoms. The van der Waals surface area contributed by atoms with E-state index >= 15 is 0 Å². The summed E-state index contributed by atoms with van der Waals surface area (Å²) in [5.41, 5.74) is 1.22. The number of aliphatic hydroxyl groups excluding tert-OH is 1. The van der Waals surface area contributed by atoms with E-state index in [9.17, 15) is 0 Å². The molecule has 0 amide bonds. The Morgan fingerprint density at radius 3 is 2.41 bits per heavy atom. The van der Waals surface area contributed by atoms with E-state index in [4.69, 9.17) is 9.84 Å². The molecule has 1 aromatic carbocycles. The summed E-state index contributed by atoms with van der Waals surface area (Å²) in [5, 5.41) is 8.98. The molecule has 0 fully saturated rings. The van der Waals surface area contributed by atoms with Crippen LogP contribution in [0.3, 0.4) is 0 Å². The summed E-state index contributed by atoms with van der Waals surface area (Å²) in [6.45, 7) is 6.15. The first-order valence-corrected chi connectivity index (χ1v) is 6.46. The molecule has 1 aromatic rings. The van der Waals surface area contributed by atoms with Crippen LogP contribution >= 0.6 is 0 Å². The predicted molar refractivity (Wildman–Crippen MR) is 70.7 cm³/mol. The monoisotopic (exact) mass is 236 g/mol. The Kier molecular flexibility index (Phi) is 6.90. The third-order valence-electron chi connectivity index (χ3n) is 3.19. The fourth-order valence-corrected chi connectivity index (χ4v) is 1.98. The van der Waals surface area contributed by atoms with Gasteiger partial charge >= 0.3 is 0 Å². The minimum atomic E-state index is 0.279. The van der Waals surface area contributed by atoms with Crippen LogP contribution in [0.2, 0.25) is 0 Å². The lowest BCUT2D eigenvalue weighted by molar-refractivity contribution is 0.0945. The second-order valence-electron chi connectivity index (χ2n) is 4.84. The highest BCUT2D eigenvalue weighted by molar-refractivity contribution is 5.13. The molecule has 0 heterocycles. The van der Waals surface area contributed by atoms with E-state index in [-0.39, 0.29) is 6.61 Å². The molecule has 0 radical (unpaired) electrons. The Hall–Kier alpha value is -0.860. The summed E-state index contributed by atoms with van der Waals surface area (Å²) in [4.78, 5) is 0. The highest BCUT2D eigenvalue weighted by Gasteiger charge is 2.12. The molecule has 96 valence electrons. The smallest absolute Gasteiger partial charge is 0.0716 e. The summed E-state index contributed by atoms with van der Waals surface area (Å²) in [5.74, 6) is 1.18. The fourth-order valence-electron chi connectivity index (χ4n) is 1.98. The zero-order valence-electron chi connectivity index (χ0n) is 10.9. The van der Waals surface area contributed by atoms with Crippen molar-refractivity contribution in [1.82, 2.24) is 0 Å². The van der Waals surface area contributed by atoms with E-state index in [1.807, 2.05) is 18.2 Å². The van der Waals surface area contributed by atoms with Crippen molar-refractivity contribution in [1.29, 1.82) is 0 Å². The zero-order valence-corrected chi connectivity index (χ0v) is 10.9. The molecule has 0 spiro atoms. The summed E-state index contributed by atoms with van der Waals surface area (Å²) < 4.78 is 5.67. The SMILES string of the molecule is CC(C)[C@H](CCO)CCOCc1ccccc1. The van der Waals surface area contributed by atoms with Crippen LogP contribution in [0.4, 0.5) is 0 Å². The first kappa shape index (κ1) is 14.2. The molecule has 0 saturated heterocycles. The molecule has 1 rings (SSSR count). The van der Waals surface area contributed by atoms with Crippen LogP contribution in [-0.4, -0.2) is 18.3 Å². The molecular formula is C15H24O2. The van der Waals surface area contributed by atoms with Crippen molar-refractivity contribution in [2.45, 2.75) is 33.3 Å². The van der Waals surface area contributed by atoms with Crippen molar-refractivity contribution in [3.05, 3.63) is 35.9 Å². The lowest BCUT2D eigenvalue weighted by Gasteiger charge is -2.19. The van der Waals surface area contributed by atoms with Gasteiger partial charge in [0.1, 0.15) is 0 Å². The van der Waals surface area contributed by atoms with Crippen LogP contribution in [-0.2, 0) is 11.3 Å². The number of aliphatic hydroxyl groups is 1. The van der Waals surface area contributed by atoms with Crippen molar-refractivity contribution >= 4 is 0 Å². The van der Waals surface area contributed by atoms with Crippen molar-refractivity contribution in [3.8, 4) is 0 Å². The Labute approximate surface area is 105 Å². The molecule has 0 saturated carbocycles. The van der Waals surface area contributed by atoms with Crippen LogP contribution in [0.1, 0.15) is 32.3 Å². The van der Waals surface area contributed by atoms with Gasteiger partial charge < -0.3 is 9.84 Å². The van der Waals surface area contributed by atoms with Gasteiger partial charge in [-0.25, -0.2) is 0 Å². The van der Waals surface area contributed by atoms with E-state index in [1.165, 1.54) is 5.56 Å². The first-order valence-electron chi connectivity index (χ1n) is 6.46. The van der Waals surface area contributed by atoms with Crippen LogP contribution in [0.15, 0.2) is 30.3 Å². The lowest BCUT2D eigenvalue weighted by Crippen LogP contribution is -2.13. The quantitative estimate of drug-likeness (QED) is 0.702. The second kappa shape index (κ2) is 8.26. The lowest BCUT2D eigenvalue weighted by atomic mass is 9.90. The van der Waals surface area contributed by atoms with Gasteiger partial charge in [-0.3, -0.25) is 0 Å². The molecule has 0 aromatic heterocycles. The standard InChI is InChI=1S/C15H24O2/c1-13(2)15(8-10-16)9-11-17-12-14-6-4-3-5-7-14/h3-7,13,15-16H,8-12H2,1-2H3/t15-/m1/s1. The van der Waals surface area contributed by atoms with E-state index in [2.05, 4.69) is 26.0 Å². The van der Waals surface area contributed by atoms with Crippen molar-refractivity contribution in [2.75, 3.05) is 13.2 Å². The zero-order chi connectivity index (χ0) is 12.5. The minimum Gasteiger partial charge on any atom is -0.396 e. The normalized spacial score (nSPS) is 12.9. The molecule has 0 aliphatic carbocycles. The van der Waals surface area contributed by atoms with Gasteiger partial charge in [0.2, 0.25) is 0 Å². The number of ether oxygens (including phenoxy) is 1. The second-order valence-corrected chi connectivity index (χ2v) is 4.84. The summed E-state index contributed by atoms with van der Waals surface area (Å²) in [7, 11) is 0. The third kappa shape index (κ3) is 5.85. The van der Waals surface area contributed by atoms with E-state index in [0.29, 0.717) is 18.4 Å². The largest absolute Gasteiger partial charge is 0.396 e. The van der Waals surface area contributed by atoms with Crippen molar-refractivity contribution in [2.24, 2.45) is 11.8 Å². The van der Waals surface area contributed by atoms with Gasteiger partial charge in [-0.05, 0) is 30.2 Å². The maximum atomic E-state index is 8.98. The van der Waals surface area contributed by atoms with Gasteiger partial charge in [-0.15, -0.1) is 0 Å². The fraction of sp³-hybridized carbons (Fsp3) is 0.600. The molecule has 1 N–H and O–H groups in total. The highest BCUT2D eigenvalue weighted by Crippen LogP contribution is 2.19. The topological polar surface area (TPSA) is 29.5 Å². The number of rotatable bonds is 8. The van der Waals surface area contributed by atoms with E-state index in [0.717, 1.165) is 19.4 Å². The third-order valence-corrected chi connectivity index (χ3v) is 3.19. The average molecular weight is 236 g/mol. The van der Waals surface area contributed by atoms with Crippen LogP contribution < -0.4 is 0 Å². The maximum Gasteiger partial charge on any atom is 0.0716 e. The van der Waals surface area contributed by atoms with Crippen molar-refractivity contribution in [3.63, 3.8) is 0 Å². The molecule has 0 unspecified atom stereocenters. The molecule has 0 bridgehead atoms. The Balaban J connectivity index is 2.18. The van der Waals surface area contributed by atoms with Crippen LogP contribution in [0, 0.1) is 11.8 Å². The van der Waals surface area contributed by atoms with E-state index < -0.39 is 0 Å². The number of hydrogen-bond acceptors (Lipinski definition) is 2. The Bertz CT molecular complexity index is 282. The highest BCUT2D eigenvalue weighted by atomic mass is 16.5. The molecule has 2 heteroatoms. The minimum absolute atomic E-state index is 0.279. The molecule has 1 atom stereocenters. The average Bonchev–Trinajstić information content (AvgIpc) is 2.34. The van der Waals surface area contributed by atoms with Crippen LogP contribution in [0.25, 0.3) is 0 Å². The van der Waals surface area contributed by atoms with Crippen molar-refractivity contribution < 1.29 is 9.84 Å².